The molecule has 4 amide bonds. The summed E-state index contributed by atoms with van der Waals surface area (Å²) in [5.41, 5.74) is 3.06. The van der Waals surface area contributed by atoms with E-state index in [9.17, 15) is 29.2 Å². The fraction of sp³-hybridized carbons (Fsp3) is 0.481. The van der Waals surface area contributed by atoms with Crippen molar-refractivity contribution in [2.24, 2.45) is 22.7 Å². The second-order valence-corrected chi connectivity index (χ2v) is 21.4. The minimum atomic E-state index is -0.888. The summed E-state index contributed by atoms with van der Waals surface area (Å²) in [5, 5.41) is 28.4. The molecular weight excluding hydrogens is 910 g/mol. The number of imide groups is 1. The quantitative estimate of drug-likeness (QED) is 0.152. The Morgan fingerprint density at radius 3 is 2.31 bits per heavy atom. The first-order valence-corrected chi connectivity index (χ1v) is 24.8. The first-order chi connectivity index (χ1) is 33.6. The number of nitriles is 1. The predicted molar refractivity (Wildman–Crippen MR) is 262 cm³/mol. The first kappa shape index (κ1) is 47.1. The van der Waals surface area contributed by atoms with Crippen molar-refractivity contribution < 1.29 is 23.9 Å². The number of aromatic nitrogens is 5. The number of ether oxygens (including phenoxy) is 1. The number of piperidine rings is 3. The van der Waals surface area contributed by atoms with Crippen LogP contribution in [0.2, 0.25) is 5.02 Å². The third-order valence-electron chi connectivity index (χ3n) is 15.7. The zero-order valence-electron chi connectivity index (χ0n) is 39.9. The van der Waals surface area contributed by atoms with E-state index in [-0.39, 0.29) is 59.5 Å². The smallest absolute Gasteiger partial charge is 0.278 e. The van der Waals surface area contributed by atoms with E-state index in [0.717, 1.165) is 79.9 Å². The second-order valence-electron chi connectivity index (χ2n) is 21.0. The lowest BCUT2D eigenvalue weighted by molar-refractivity contribution is -0.164. The largest absolute Gasteiger partial charge is 0.489 e. The van der Waals surface area contributed by atoms with Crippen molar-refractivity contribution >= 4 is 51.8 Å². The lowest BCUT2D eigenvalue weighted by Crippen LogP contribution is -2.74. The number of carbonyl (C=O) groups is 4. The summed E-state index contributed by atoms with van der Waals surface area (Å²) in [6.45, 7) is 14.1. The van der Waals surface area contributed by atoms with Gasteiger partial charge in [-0.05, 0) is 86.1 Å². The van der Waals surface area contributed by atoms with E-state index in [0.29, 0.717) is 57.9 Å². The van der Waals surface area contributed by atoms with Crippen LogP contribution in [0, 0.1) is 34.0 Å². The van der Waals surface area contributed by atoms with Gasteiger partial charge >= 0.3 is 0 Å². The van der Waals surface area contributed by atoms with E-state index >= 15 is 0 Å². The summed E-state index contributed by atoms with van der Waals surface area (Å²) in [4.78, 5) is 71.3. The topological polar surface area (TPSA) is 201 Å². The van der Waals surface area contributed by atoms with Crippen molar-refractivity contribution in [1.82, 2.24) is 45.2 Å². The predicted octanol–water partition coefficient (Wildman–Crippen LogP) is 5.78. The van der Waals surface area contributed by atoms with Gasteiger partial charge in [0.05, 0.1) is 34.1 Å². The highest BCUT2D eigenvalue weighted by molar-refractivity contribution is 6.31. The Bertz CT molecular complexity index is 2940. The number of hydrogen-bond acceptors (Lipinski definition) is 12. The molecule has 2 N–H and O–H groups in total. The fourth-order valence-corrected chi connectivity index (χ4v) is 12.1. The molecule has 4 aliphatic heterocycles. The molecule has 18 heteroatoms. The van der Waals surface area contributed by atoms with Gasteiger partial charge in [-0.3, -0.25) is 34.0 Å². The highest BCUT2D eigenvalue weighted by Gasteiger charge is 2.64. The summed E-state index contributed by atoms with van der Waals surface area (Å²) in [5.74, 6) is 0.165. The zero-order chi connectivity index (χ0) is 49.1. The summed E-state index contributed by atoms with van der Waals surface area (Å²) >= 11 is 6.27. The van der Waals surface area contributed by atoms with Gasteiger partial charge in [0.25, 0.3) is 17.4 Å². The number of carbonyl (C=O) groups excluding carboxylic acids is 4. The molecule has 17 nitrogen and oxygen atoms in total. The molecular formula is C52H58ClN11O6. The van der Waals surface area contributed by atoms with Gasteiger partial charge < -0.3 is 24.8 Å². The Morgan fingerprint density at radius 2 is 1.63 bits per heavy atom. The number of rotatable bonds is 11. The van der Waals surface area contributed by atoms with Crippen LogP contribution in [0.25, 0.3) is 22.0 Å². The third-order valence-corrected chi connectivity index (χ3v) is 16.0. The van der Waals surface area contributed by atoms with Crippen molar-refractivity contribution in [3.8, 4) is 22.9 Å². The van der Waals surface area contributed by atoms with Crippen molar-refractivity contribution in [3.05, 3.63) is 99.6 Å². The Morgan fingerprint density at radius 1 is 0.900 bits per heavy atom. The molecule has 5 aromatic rings. The molecule has 4 saturated heterocycles. The Kier molecular flexibility index (Phi) is 12.5. The zero-order valence-corrected chi connectivity index (χ0v) is 40.7. The summed E-state index contributed by atoms with van der Waals surface area (Å²) in [6.07, 6.45) is 8.14. The van der Waals surface area contributed by atoms with Crippen LogP contribution in [0.3, 0.4) is 0 Å². The molecule has 1 aliphatic carbocycles. The number of benzene rings is 3. The van der Waals surface area contributed by atoms with E-state index in [1.54, 1.807) is 30.3 Å². The van der Waals surface area contributed by atoms with Gasteiger partial charge in [0.1, 0.15) is 29.5 Å². The highest BCUT2D eigenvalue weighted by atomic mass is 35.5. The van der Waals surface area contributed by atoms with Crippen LogP contribution in [0.4, 0.5) is 5.69 Å². The molecule has 3 aromatic carbocycles. The molecule has 6 heterocycles. The number of amides is 4. The summed E-state index contributed by atoms with van der Waals surface area (Å²) < 4.78 is 9.56. The number of nitrogens with one attached hydrogen (secondary N) is 2. The van der Waals surface area contributed by atoms with Crippen molar-refractivity contribution in [1.29, 1.82) is 5.26 Å². The number of likely N-dealkylation sites (tertiary alicyclic amines) is 2. The molecule has 0 radical (unpaired) electrons. The number of halogens is 1. The number of fused-ring (bicyclic) bond motifs is 1. The second kappa shape index (κ2) is 18.6. The van der Waals surface area contributed by atoms with Gasteiger partial charge in [-0.25, -0.2) is 0 Å². The number of nitrogens with zero attached hydrogens (tertiary/aromatic N) is 9. The Balaban J connectivity index is 0.655. The number of hydrogen-bond donors (Lipinski definition) is 2. The molecule has 2 aromatic heterocycles. The minimum absolute atomic E-state index is 0.103. The highest BCUT2D eigenvalue weighted by Crippen LogP contribution is 2.55. The maximum absolute atomic E-state index is 13.6. The normalized spacial score (nSPS) is 23.0. The fourth-order valence-electron chi connectivity index (χ4n) is 11.8. The Labute approximate surface area is 411 Å². The van der Waals surface area contributed by atoms with Crippen LogP contribution in [0.5, 0.6) is 5.75 Å². The van der Waals surface area contributed by atoms with Crippen LogP contribution >= 0.6 is 11.6 Å². The monoisotopic (exact) mass is 967 g/mol. The molecule has 1 atom stereocenters. The molecule has 0 spiro atoms. The van der Waals surface area contributed by atoms with Crippen molar-refractivity contribution in [3.63, 3.8) is 0 Å². The van der Waals surface area contributed by atoms with Gasteiger partial charge in [-0.2, -0.15) is 15.0 Å². The molecule has 5 fully saturated rings. The maximum Gasteiger partial charge on any atom is 0.278 e. The van der Waals surface area contributed by atoms with Crippen LogP contribution in [-0.2, 0) is 14.4 Å². The number of anilines is 1. The summed E-state index contributed by atoms with van der Waals surface area (Å²) in [6, 6.07) is 19.5. The molecule has 1 unspecified atom stereocenters. The van der Waals surface area contributed by atoms with Gasteiger partial charge in [0.15, 0.2) is 0 Å². The lowest BCUT2D eigenvalue weighted by Gasteiger charge is -2.63. The lowest BCUT2D eigenvalue weighted by atomic mass is 9.49. The van der Waals surface area contributed by atoms with Gasteiger partial charge in [0.2, 0.25) is 11.8 Å². The van der Waals surface area contributed by atoms with Crippen LogP contribution in [-0.4, -0.2) is 116 Å². The van der Waals surface area contributed by atoms with Crippen LogP contribution in [0.1, 0.15) is 94.2 Å². The standard InChI is InChI=1S/C52H58ClN11O6/c1-51(2)49(52(3,4)50(51)70-39-11-9-34(25-54)41(53)24-39)57-45(66)33-7-5-32(6-8-33)35-26-55-63(30-35)37-17-19-60(20-18-37)27-31-15-21-61(22-16-31)47(68)36-28-62(29-36)38-10-12-42-40(23-38)48(69)64(59-58-42)43-13-14-44(65)56-46(43)67/h5-12,23-24,26,30-31,36-37,43,49-50H,13-22,27-29H2,1-4H3,(H,57,66)(H,56,65,67)/t43?,49-,50-. The molecule has 10 rings (SSSR count). The Hall–Kier alpha value is -6.64. The first-order valence-electron chi connectivity index (χ1n) is 24.4. The van der Waals surface area contributed by atoms with E-state index in [1.807, 2.05) is 41.4 Å². The maximum atomic E-state index is 13.6. The van der Waals surface area contributed by atoms with Crippen LogP contribution in [0.15, 0.2) is 77.9 Å². The van der Waals surface area contributed by atoms with E-state index < -0.39 is 17.5 Å². The van der Waals surface area contributed by atoms with Crippen molar-refractivity contribution in [2.45, 2.75) is 90.4 Å². The minimum Gasteiger partial charge on any atom is -0.489 e. The molecule has 364 valence electrons. The average Bonchev–Trinajstić information content (AvgIpc) is 3.83. The average molecular weight is 969 g/mol. The molecule has 70 heavy (non-hydrogen) atoms. The van der Waals surface area contributed by atoms with E-state index in [1.165, 1.54) is 0 Å². The molecule has 5 aliphatic rings. The van der Waals surface area contributed by atoms with Crippen LogP contribution < -0.4 is 25.8 Å². The van der Waals surface area contributed by atoms with E-state index in [4.69, 9.17) is 21.4 Å². The van der Waals surface area contributed by atoms with E-state index in [2.05, 4.69) is 75.4 Å². The molecule has 1 saturated carbocycles. The summed E-state index contributed by atoms with van der Waals surface area (Å²) in [7, 11) is 0. The SMILES string of the molecule is CC1(C)[C@H](NC(=O)c2ccc(-c3cnn(C4CCN(CC5CCN(C(=O)C6CN(c7ccc8nnn(C9CCC(=O)NC9=O)c(=O)c8c7)C6)CC5)CC4)c3)cc2)C(C)(C)[C@H]1Oc1ccc(C#N)c(Cl)c1. The van der Waals surface area contributed by atoms with Gasteiger partial charge in [-0.15, -0.1) is 5.10 Å². The molecule has 0 bridgehead atoms. The van der Waals surface area contributed by atoms with Gasteiger partial charge in [0, 0.05) is 98.2 Å². The van der Waals surface area contributed by atoms with Crippen molar-refractivity contribution in [2.75, 3.05) is 50.7 Å². The third kappa shape index (κ3) is 8.91. The van der Waals surface area contributed by atoms with Gasteiger partial charge in [-0.1, -0.05) is 56.6 Å².